The van der Waals surface area contributed by atoms with Crippen LogP contribution in [0.25, 0.3) is 0 Å². The Kier molecular flexibility index (Phi) is 4.38. The number of rotatable bonds is 5. The van der Waals surface area contributed by atoms with E-state index in [1.165, 1.54) is 0 Å². The average molecular weight is 349 g/mol. The molecule has 124 valence electrons. The number of sulfone groups is 1. The van der Waals surface area contributed by atoms with E-state index >= 15 is 0 Å². The topological polar surface area (TPSA) is 152 Å². The highest BCUT2D eigenvalue weighted by Gasteiger charge is 2.22. The van der Waals surface area contributed by atoms with Crippen LogP contribution in [0.15, 0.2) is 52.3 Å². The zero-order valence-corrected chi connectivity index (χ0v) is 12.8. The summed E-state index contributed by atoms with van der Waals surface area (Å²) < 4.78 is 25.0. The molecule has 2 rings (SSSR count). The van der Waals surface area contributed by atoms with Gasteiger partial charge in [-0.05, 0) is 42.5 Å². The van der Waals surface area contributed by atoms with Crippen molar-refractivity contribution in [2.24, 2.45) is 5.73 Å². The zero-order chi connectivity index (χ0) is 18.1. The van der Waals surface area contributed by atoms with Gasteiger partial charge in [-0.15, -0.1) is 0 Å². The molecule has 0 atom stereocenters. The molecule has 0 aliphatic heterocycles. The van der Waals surface area contributed by atoms with E-state index in [0.717, 1.165) is 42.5 Å². The summed E-state index contributed by atoms with van der Waals surface area (Å²) in [5.41, 5.74) is 4.15. The molecule has 0 aromatic heterocycles. The number of nitrogens with two attached hydrogens (primary N) is 1. The van der Waals surface area contributed by atoms with Gasteiger partial charge in [0.15, 0.2) is 0 Å². The first-order valence-corrected chi connectivity index (χ1v) is 7.88. The maximum atomic E-state index is 12.5. The smallest absolute Gasteiger partial charge is 0.336 e. The minimum atomic E-state index is -4.07. The third-order valence-electron chi connectivity index (χ3n) is 3.21. The van der Waals surface area contributed by atoms with Crippen molar-refractivity contribution in [3.05, 3.63) is 59.2 Å². The van der Waals surface area contributed by atoms with Crippen molar-refractivity contribution in [3.8, 4) is 0 Å². The number of hydrogen-bond acceptors (Lipinski definition) is 5. The summed E-state index contributed by atoms with van der Waals surface area (Å²) in [4.78, 5) is 32.7. The highest BCUT2D eigenvalue weighted by molar-refractivity contribution is 7.91. The molecule has 0 spiro atoms. The molecule has 0 radical (unpaired) electrons. The van der Waals surface area contributed by atoms with Gasteiger partial charge in [0.1, 0.15) is 0 Å². The number of carboxylic acid groups (broad SMARTS) is 2. The lowest BCUT2D eigenvalue weighted by Gasteiger charge is -2.08. The normalized spacial score (nSPS) is 11.0. The van der Waals surface area contributed by atoms with E-state index in [1.807, 2.05) is 0 Å². The van der Waals surface area contributed by atoms with E-state index in [0.29, 0.717) is 0 Å². The minimum absolute atomic E-state index is 0.0898. The third-order valence-corrected chi connectivity index (χ3v) is 4.98. The summed E-state index contributed by atoms with van der Waals surface area (Å²) in [6.45, 7) is 0. The Morgan fingerprint density at radius 3 is 1.79 bits per heavy atom. The molecule has 0 aliphatic carbocycles. The predicted octanol–water partition coefficient (Wildman–Crippen LogP) is 1.01. The lowest BCUT2D eigenvalue weighted by molar-refractivity contribution is 0.0684. The molecule has 0 unspecified atom stereocenters. The summed E-state index contributed by atoms with van der Waals surface area (Å²) in [6, 6.07) is 7.34. The van der Waals surface area contributed by atoms with E-state index in [9.17, 15) is 22.8 Å². The molecule has 0 bridgehead atoms. The lowest BCUT2D eigenvalue weighted by atomic mass is 10.1. The van der Waals surface area contributed by atoms with E-state index in [4.69, 9.17) is 15.9 Å². The van der Waals surface area contributed by atoms with Gasteiger partial charge < -0.3 is 15.9 Å². The van der Waals surface area contributed by atoms with E-state index in [-0.39, 0.29) is 15.4 Å². The van der Waals surface area contributed by atoms with Gasteiger partial charge >= 0.3 is 11.9 Å². The number of hydrogen-bond donors (Lipinski definition) is 3. The minimum Gasteiger partial charge on any atom is -0.478 e. The largest absolute Gasteiger partial charge is 0.478 e. The molecular formula is C15H11NO7S. The number of amides is 1. The molecule has 8 nitrogen and oxygen atoms in total. The molecule has 2 aromatic rings. The molecule has 0 aliphatic rings. The summed E-state index contributed by atoms with van der Waals surface area (Å²) >= 11 is 0. The van der Waals surface area contributed by atoms with Crippen LogP contribution < -0.4 is 5.73 Å². The zero-order valence-electron chi connectivity index (χ0n) is 12.0. The van der Waals surface area contributed by atoms with Gasteiger partial charge in [0.25, 0.3) is 0 Å². The summed E-state index contributed by atoms with van der Waals surface area (Å²) in [5.74, 6) is -3.70. The van der Waals surface area contributed by atoms with Crippen molar-refractivity contribution < 1.29 is 33.0 Å². The van der Waals surface area contributed by atoms with Crippen LogP contribution >= 0.6 is 0 Å². The SMILES string of the molecule is NC(=O)c1cc(S(=O)(=O)c2ccc(C(=O)O)cc2)ccc1C(=O)O. The summed E-state index contributed by atoms with van der Waals surface area (Å²) in [5, 5.41) is 17.8. The van der Waals surface area contributed by atoms with Crippen LogP contribution in [-0.2, 0) is 9.84 Å². The number of primary amides is 1. The Hall–Kier alpha value is -3.20. The second-order valence-corrected chi connectivity index (χ2v) is 6.66. The molecule has 9 heteroatoms. The number of carboxylic acids is 2. The fraction of sp³-hybridized carbons (Fsp3) is 0. The number of carbonyl (C=O) groups excluding carboxylic acids is 1. The van der Waals surface area contributed by atoms with Crippen LogP contribution in [0.5, 0.6) is 0 Å². The molecule has 0 saturated carbocycles. The van der Waals surface area contributed by atoms with Gasteiger partial charge in [-0.2, -0.15) is 0 Å². The van der Waals surface area contributed by atoms with Gasteiger partial charge in [0, 0.05) is 0 Å². The van der Waals surface area contributed by atoms with Crippen molar-refractivity contribution in [2.45, 2.75) is 9.79 Å². The number of carbonyl (C=O) groups is 3. The number of benzene rings is 2. The Morgan fingerprint density at radius 1 is 0.792 bits per heavy atom. The highest BCUT2D eigenvalue weighted by atomic mass is 32.2. The molecule has 4 N–H and O–H groups in total. The molecular weight excluding hydrogens is 338 g/mol. The Morgan fingerprint density at radius 2 is 1.33 bits per heavy atom. The van der Waals surface area contributed by atoms with Crippen molar-refractivity contribution in [1.29, 1.82) is 0 Å². The molecule has 0 fully saturated rings. The van der Waals surface area contributed by atoms with E-state index in [2.05, 4.69) is 0 Å². The van der Waals surface area contributed by atoms with Crippen LogP contribution in [0.2, 0.25) is 0 Å². The second-order valence-electron chi connectivity index (χ2n) is 4.71. The number of aromatic carboxylic acids is 2. The van der Waals surface area contributed by atoms with E-state index in [1.54, 1.807) is 0 Å². The Bertz CT molecular complexity index is 946. The molecule has 24 heavy (non-hydrogen) atoms. The quantitative estimate of drug-likeness (QED) is 0.728. The summed E-state index contributed by atoms with van der Waals surface area (Å²) in [6.07, 6.45) is 0. The van der Waals surface area contributed by atoms with Crippen molar-refractivity contribution in [2.75, 3.05) is 0 Å². The fourth-order valence-corrected chi connectivity index (χ4v) is 3.28. The first-order chi connectivity index (χ1) is 11.1. The Balaban J connectivity index is 2.57. The second kappa shape index (κ2) is 6.13. The van der Waals surface area contributed by atoms with Gasteiger partial charge in [0.2, 0.25) is 15.7 Å². The van der Waals surface area contributed by atoms with Crippen LogP contribution in [0.3, 0.4) is 0 Å². The van der Waals surface area contributed by atoms with Crippen LogP contribution in [-0.4, -0.2) is 36.5 Å². The van der Waals surface area contributed by atoms with Crippen LogP contribution in [0.1, 0.15) is 31.1 Å². The van der Waals surface area contributed by atoms with E-state index < -0.39 is 38.8 Å². The van der Waals surface area contributed by atoms with Crippen molar-refractivity contribution >= 4 is 27.7 Å². The molecule has 0 saturated heterocycles. The maximum Gasteiger partial charge on any atom is 0.336 e. The van der Waals surface area contributed by atoms with Crippen LogP contribution in [0.4, 0.5) is 0 Å². The highest BCUT2D eigenvalue weighted by Crippen LogP contribution is 2.24. The lowest BCUT2D eigenvalue weighted by Crippen LogP contribution is -2.17. The van der Waals surface area contributed by atoms with Crippen molar-refractivity contribution in [1.82, 2.24) is 0 Å². The standard InChI is InChI=1S/C15H11NO7S/c16-13(17)12-7-10(5-6-11(12)15(20)21)24(22,23)9-3-1-8(2-4-9)14(18)19/h1-7H,(H2,16,17)(H,18,19)(H,20,21). The molecule has 2 aromatic carbocycles. The van der Waals surface area contributed by atoms with Gasteiger partial charge in [-0.25, -0.2) is 18.0 Å². The third kappa shape index (κ3) is 3.10. The molecule has 0 heterocycles. The average Bonchev–Trinajstić information content (AvgIpc) is 2.54. The Labute approximate surface area is 136 Å². The van der Waals surface area contributed by atoms with Gasteiger partial charge in [-0.1, -0.05) is 0 Å². The first-order valence-electron chi connectivity index (χ1n) is 6.40. The van der Waals surface area contributed by atoms with Gasteiger partial charge in [0.05, 0.1) is 26.5 Å². The fourth-order valence-electron chi connectivity index (χ4n) is 1.99. The molecule has 1 amide bonds. The van der Waals surface area contributed by atoms with Crippen molar-refractivity contribution in [3.63, 3.8) is 0 Å². The van der Waals surface area contributed by atoms with Gasteiger partial charge in [-0.3, -0.25) is 4.79 Å². The monoisotopic (exact) mass is 349 g/mol. The first kappa shape index (κ1) is 17.2. The predicted molar refractivity (Wildman–Crippen MR) is 80.8 cm³/mol. The maximum absolute atomic E-state index is 12.5. The summed E-state index contributed by atoms with van der Waals surface area (Å²) in [7, 11) is -4.07. The van der Waals surface area contributed by atoms with Crippen LogP contribution in [0, 0.1) is 0 Å².